The van der Waals surface area contributed by atoms with Crippen LogP contribution in [0.2, 0.25) is 0 Å². The summed E-state index contributed by atoms with van der Waals surface area (Å²) >= 11 is 0. The van der Waals surface area contributed by atoms with Crippen molar-refractivity contribution in [2.75, 3.05) is 0 Å². The molecule has 0 N–H and O–H groups in total. The Morgan fingerprint density at radius 2 is 2.67 bits per heavy atom. The fourth-order valence-electron chi connectivity index (χ4n) is 0.484. The van der Waals surface area contributed by atoms with Crippen LogP contribution in [0, 0.1) is 0 Å². The van der Waals surface area contributed by atoms with E-state index in [0.717, 1.165) is 0 Å². The number of aromatic nitrogens is 2. The van der Waals surface area contributed by atoms with Crippen molar-refractivity contribution in [3.63, 3.8) is 0 Å². The Kier molecular flexibility index (Phi) is 1.85. The van der Waals surface area contributed by atoms with Crippen molar-refractivity contribution in [2.24, 2.45) is 0 Å². The molecule has 0 amide bonds. The third-order valence-corrected chi connectivity index (χ3v) is 0.834. The van der Waals surface area contributed by atoms with E-state index in [1.807, 2.05) is 0 Å². The highest BCUT2D eigenvalue weighted by atomic mass is 16.5. The van der Waals surface area contributed by atoms with E-state index in [1.54, 1.807) is 18.5 Å². The molecule has 9 heavy (non-hydrogen) atoms. The lowest BCUT2D eigenvalue weighted by molar-refractivity contribution is -0.132. The largest absolute Gasteiger partial charge is 0.445 e. The number of hydrogen-bond acceptors (Lipinski definition) is 3. The molecule has 4 nitrogen and oxygen atoms in total. The summed E-state index contributed by atoms with van der Waals surface area (Å²) in [6.07, 6.45) is 3.33. The summed E-state index contributed by atoms with van der Waals surface area (Å²) < 4.78 is 5.91. The zero-order valence-corrected chi connectivity index (χ0v) is 4.73. The summed E-state index contributed by atoms with van der Waals surface area (Å²) in [6, 6.07) is 1.76. The van der Waals surface area contributed by atoms with Crippen molar-refractivity contribution in [2.45, 2.75) is 6.73 Å². The molecule has 1 aromatic heterocycles. The molecule has 4 heteroatoms. The summed E-state index contributed by atoms with van der Waals surface area (Å²) in [5, 5.41) is 3.79. The molecule has 48 valence electrons. The summed E-state index contributed by atoms with van der Waals surface area (Å²) in [6.45, 7) is 0.582. The number of carbonyl (C=O) groups excluding carboxylic acids is 1. The molecule has 0 radical (unpaired) electrons. The van der Waals surface area contributed by atoms with Gasteiger partial charge in [-0.3, -0.25) is 4.79 Å². The third kappa shape index (κ3) is 1.56. The molecule has 0 fully saturated rings. The summed E-state index contributed by atoms with van der Waals surface area (Å²) in [5.41, 5.74) is 0. The van der Waals surface area contributed by atoms with E-state index in [0.29, 0.717) is 6.47 Å². The average molecular weight is 126 g/mol. The predicted molar refractivity (Wildman–Crippen MR) is 29.4 cm³/mol. The Hall–Kier alpha value is -1.32. The predicted octanol–water partition coefficient (Wildman–Crippen LogP) is 0.0136. The van der Waals surface area contributed by atoms with Crippen LogP contribution in [0.4, 0.5) is 0 Å². The summed E-state index contributed by atoms with van der Waals surface area (Å²) in [4.78, 5) is 9.64. The number of ether oxygens (including phenoxy) is 1. The van der Waals surface area contributed by atoms with Crippen molar-refractivity contribution in [1.82, 2.24) is 9.78 Å². The van der Waals surface area contributed by atoms with E-state index in [1.165, 1.54) is 4.68 Å². The van der Waals surface area contributed by atoms with Gasteiger partial charge in [0.1, 0.15) is 0 Å². The van der Waals surface area contributed by atoms with Crippen molar-refractivity contribution in [1.29, 1.82) is 0 Å². The second-order valence-electron chi connectivity index (χ2n) is 1.44. The highest BCUT2D eigenvalue weighted by Gasteiger charge is 1.84. The Balaban J connectivity index is 2.38. The molecule has 1 rings (SSSR count). The van der Waals surface area contributed by atoms with Gasteiger partial charge in [-0.2, -0.15) is 5.10 Å². The minimum atomic E-state index is 0.191. The Bertz CT molecular complexity index is 171. The van der Waals surface area contributed by atoms with Crippen LogP contribution in [0.1, 0.15) is 0 Å². The molecule has 0 unspecified atom stereocenters. The molecule has 1 aromatic rings. The SMILES string of the molecule is O=COCn1cccn1. The Morgan fingerprint density at radius 3 is 3.22 bits per heavy atom. The maximum Gasteiger partial charge on any atom is 0.294 e. The third-order valence-electron chi connectivity index (χ3n) is 0.834. The van der Waals surface area contributed by atoms with Gasteiger partial charge in [0.05, 0.1) is 0 Å². The van der Waals surface area contributed by atoms with E-state index < -0.39 is 0 Å². The smallest absolute Gasteiger partial charge is 0.294 e. The quantitative estimate of drug-likeness (QED) is 0.536. The van der Waals surface area contributed by atoms with Gasteiger partial charge in [-0.1, -0.05) is 0 Å². The van der Waals surface area contributed by atoms with Crippen LogP contribution in [-0.4, -0.2) is 16.3 Å². The topological polar surface area (TPSA) is 44.1 Å². The summed E-state index contributed by atoms with van der Waals surface area (Å²) in [7, 11) is 0. The Labute approximate surface area is 52.0 Å². The van der Waals surface area contributed by atoms with Gasteiger partial charge in [0.15, 0.2) is 6.73 Å². The first-order chi connectivity index (χ1) is 4.43. The van der Waals surface area contributed by atoms with Crippen LogP contribution in [0.15, 0.2) is 18.5 Å². The highest BCUT2D eigenvalue weighted by molar-refractivity contribution is 5.36. The number of nitrogens with zero attached hydrogens (tertiary/aromatic N) is 2. The van der Waals surface area contributed by atoms with Gasteiger partial charge in [0.2, 0.25) is 0 Å². The first-order valence-corrected chi connectivity index (χ1v) is 2.46. The van der Waals surface area contributed by atoms with Crippen molar-refractivity contribution in [3.05, 3.63) is 18.5 Å². The van der Waals surface area contributed by atoms with Gasteiger partial charge < -0.3 is 4.74 Å². The van der Waals surface area contributed by atoms with Gasteiger partial charge >= 0.3 is 0 Å². The molecule has 1 heterocycles. The van der Waals surface area contributed by atoms with Crippen LogP contribution < -0.4 is 0 Å². The normalized spacial score (nSPS) is 8.89. The number of hydrogen-bond donors (Lipinski definition) is 0. The molecule has 0 aliphatic heterocycles. The monoisotopic (exact) mass is 126 g/mol. The summed E-state index contributed by atoms with van der Waals surface area (Å²) in [5.74, 6) is 0. The van der Waals surface area contributed by atoms with Gasteiger partial charge in [-0.25, -0.2) is 4.68 Å². The standard InChI is InChI=1S/C5H6N2O2/c8-5-9-4-7-3-1-2-6-7/h1-3,5H,4H2. The molecule has 0 spiro atoms. The minimum Gasteiger partial charge on any atom is -0.445 e. The molecule has 0 aliphatic rings. The van der Waals surface area contributed by atoms with E-state index >= 15 is 0 Å². The van der Waals surface area contributed by atoms with Gasteiger partial charge in [-0.05, 0) is 6.07 Å². The van der Waals surface area contributed by atoms with Gasteiger partial charge in [0.25, 0.3) is 6.47 Å². The molecular formula is C5H6N2O2. The molecule has 0 atom stereocenters. The molecule has 0 aromatic carbocycles. The molecule has 0 saturated heterocycles. The van der Waals surface area contributed by atoms with E-state index in [-0.39, 0.29) is 6.73 Å². The molecule has 0 saturated carbocycles. The zero-order valence-electron chi connectivity index (χ0n) is 4.73. The van der Waals surface area contributed by atoms with Crippen LogP contribution >= 0.6 is 0 Å². The van der Waals surface area contributed by atoms with Crippen molar-refractivity contribution < 1.29 is 9.53 Å². The Morgan fingerprint density at radius 1 is 1.78 bits per heavy atom. The van der Waals surface area contributed by atoms with E-state index in [2.05, 4.69) is 9.84 Å². The second-order valence-corrected chi connectivity index (χ2v) is 1.44. The average Bonchev–Trinajstić information content (AvgIpc) is 2.34. The lowest BCUT2D eigenvalue weighted by atomic mass is 10.8. The van der Waals surface area contributed by atoms with Crippen molar-refractivity contribution in [3.8, 4) is 0 Å². The molecule has 0 aliphatic carbocycles. The molecular weight excluding hydrogens is 120 g/mol. The van der Waals surface area contributed by atoms with Crippen LogP contribution in [0.25, 0.3) is 0 Å². The van der Waals surface area contributed by atoms with E-state index in [9.17, 15) is 4.79 Å². The minimum absolute atomic E-state index is 0.191. The number of carbonyl (C=O) groups is 1. The number of rotatable bonds is 3. The first-order valence-electron chi connectivity index (χ1n) is 2.46. The maximum atomic E-state index is 9.64. The highest BCUT2D eigenvalue weighted by Crippen LogP contribution is 1.82. The van der Waals surface area contributed by atoms with Crippen LogP contribution in [0.3, 0.4) is 0 Å². The van der Waals surface area contributed by atoms with Crippen LogP contribution in [-0.2, 0) is 16.3 Å². The van der Waals surface area contributed by atoms with Gasteiger partial charge in [0, 0.05) is 12.4 Å². The maximum absolute atomic E-state index is 9.64. The van der Waals surface area contributed by atoms with Crippen molar-refractivity contribution >= 4 is 6.47 Å². The van der Waals surface area contributed by atoms with E-state index in [4.69, 9.17) is 0 Å². The lowest BCUT2D eigenvalue weighted by Crippen LogP contribution is -2.00. The van der Waals surface area contributed by atoms with Gasteiger partial charge in [-0.15, -0.1) is 0 Å². The second kappa shape index (κ2) is 2.86. The van der Waals surface area contributed by atoms with Crippen LogP contribution in [0.5, 0.6) is 0 Å². The fraction of sp³-hybridized carbons (Fsp3) is 0.200. The first kappa shape index (κ1) is 5.81. The lowest BCUT2D eigenvalue weighted by Gasteiger charge is -1.95. The molecule has 0 bridgehead atoms. The zero-order chi connectivity index (χ0) is 6.53. The fourth-order valence-corrected chi connectivity index (χ4v) is 0.484.